The van der Waals surface area contributed by atoms with Crippen LogP contribution in [0, 0.1) is 0 Å². The predicted octanol–water partition coefficient (Wildman–Crippen LogP) is 3.38. The van der Waals surface area contributed by atoms with Gasteiger partial charge in [0.15, 0.2) is 0 Å². The summed E-state index contributed by atoms with van der Waals surface area (Å²) >= 11 is 0. The lowest BCUT2D eigenvalue weighted by Gasteiger charge is -2.09. The first-order valence-electron chi connectivity index (χ1n) is 7.28. The fraction of sp³-hybridized carbons (Fsp3) is 0.353. The van der Waals surface area contributed by atoms with E-state index in [1.807, 2.05) is 18.2 Å². The molecule has 104 valence electrons. The van der Waals surface area contributed by atoms with E-state index in [1.54, 1.807) is 0 Å². The van der Waals surface area contributed by atoms with E-state index in [1.165, 1.54) is 24.0 Å². The molecule has 2 N–H and O–H groups in total. The van der Waals surface area contributed by atoms with Crippen LogP contribution in [0.25, 0.3) is 0 Å². The summed E-state index contributed by atoms with van der Waals surface area (Å²) in [5.74, 6) is 1.51. The van der Waals surface area contributed by atoms with Gasteiger partial charge < -0.3 is 10.5 Å². The van der Waals surface area contributed by atoms with Gasteiger partial charge in [-0.25, -0.2) is 4.98 Å². The average molecular weight is 268 g/mol. The van der Waals surface area contributed by atoms with Crippen LogP contribution in [0.2, 0.25) is 0 Å². The van der Waals surface area contributed by atoms with Gasteiger partial charge in [0.05, 0.1) is 0 Å². The van der Waals surface area contributed by atoms with Crippen LogP contribution in [-0.2, 0) is 25.8 Å². The fourth-order valence-corrected chi connectivity index (χ4v) is 2.70. The first kappa shape index (κ1) is 13.1. The Morgan fingerprint density at radius 3 is 2.80 bits per heavy atom. The minimum absolute atomic E-state index is 0.510. The molecule has 1 heterocycles. The molecule has 3 rings (SSSR count). The highest BCUT2D eigenvalue weighted by Gasteiger charge is 2.12. The number of aryl methyl sites for hydroxylation is 3. The Morgan fingerprint density at radius 1 is 1.15 bits per heavy atom. The monoisotopic (exact) mass is 268 g/mol. The topological polar surface area (TPSA) is 48.1 Å². The summed E-state index contributed by atoms with van der Waals surface area (Å²) in [6.07, 6.45) is 4.48. The van der Waals surface area contributed by atoms with Crippen LogP contribution in [-0.4, -0.2) is 4.98 Å². The summed E-state index contributed by atoms with van der Waals surface area (Å²) in [6.45, 7) is 2.60. The fourth-order valence-electron chi connectivity index (χ4n) is 2.70. The molecule has 1 aliphatic carbocycles. The summed E-state index contributed by atoms with van der Waals surface area (Å²) in [5.41, 5.74) is 10.7. The second kappa shape index (κ2) is 5.63. The summed E-state index contributed by atoms with van der Waals surface area (Å²) in [4.78, 5) is 4.51. The number of hydrogen-bond acceptors (Lipinski definition) is 3. The molecular weight excluding hydrogens is 248 g/mol. The van der Waals surface area contributed by atoms with Crippen LogP contribution in [0.5, 0.6) is 11.6 Å². The predicted molar refractivity (Wildman–Crippen MR) is 80.0 cm³/mol. The molecule has 0 saturated heterocycles. The average Bonchev–Trinajstić information content (AvgIpc) is 2.94. The van der Waals surface area contributed by atoms with Gasteiger partial charge in [0, 0.05) is 18.3 Å². The lowest BCUT2D eigenvalue weighted by Crippen LogP contribution is -2.01. The van der Waals surface area contributed by atoms with Crippen molar-refractivity contribution in [2.75, 3.05) is 0 Å². The van der Waals surface area contributed by atoms with Gasteiger partial charge >= 0.3 is 0 Å². The Labute approximate surface area is 119 Å². The highest BCUT2D eigenvalue weighted by Crippen LogP contribution is 2.28. The molecule has 1 aromatic heterocycles. The zero-order valence-corrected chi connectivity index (χ0v) is 11.9. The first-order chi connectivity index (χ1) is 9.78. The molecule has 0 fully saturated rings. The van der Waals surface area contributed by atoms with Crippen molar-refractivity contribution >= 4 is 0 Å². The lowest BCUT2D eigenvalue weighted by molar-refractivity contribution is 0.459. The summed E-state index contributed by atoms with van der Waals surface area (Å²) < 4.78 is 5.92. The van der Waals surface area contributed by atoms with Gasteiger partial charge in [-0.2, -0.15) is 0 Å². The summed E-state index contributed by atoms with van der Waals surface area (Å²) in [6, 6.07) is 10.3. The van der Waals surface area contributed by atoms with Crippen molar-refractivity contribution in [2.45, 2.75) is 39.2 Å². The Kier molecular flexibility index (Phi) is 3.70. The van der Waals surface area contributed by atoms with Crippen molar-refractivity contribution in [3.63, 3.8) is 0 Å². The van der Waals surface area contributed by atoms with Crippen molar-refractivity contribution in [3.8, 4) is 11.6 Å². The molecule has 0 aliphatic heterocycles. The highest BCUT2D eigenvalue weighted by atomic mass is 16.5. The second-order valence-electron chi connectivity index (χ2n) is 5.25. The molecule has 3 heteroatoms. The normalized spacial score (nSPS) is 13.3. The molecular formula is C17H20N2O. The molecule has 0 saturated carbocycles. The lowest BCUT2D eigenvalue weighted by atomic mass is 10.1. The number of rotatable bonds is 4. The molecule has 0 spiro atoms. The van der Waals surface area contributed by atoms with Crippen molar-refractivity contribution in [2.24, 2.45) is 5.73 Å². The van der Waals surface area contributed by atoms with Gasteiger partial charge in [-0.05, 0) is 60.6 Å². The van der Waals surface area contributed by atoms with Gasteiger partial charge in [0.1, 0.15) is 5.75 Å². The third kappa shape index (κ3) is 2.68. The van der Waals surface area contributed by atoms with E-state index < -0.39 is 0 Å². The molecule has 2 aromatic rings. The van der Waals surface area contributed by atoms with Crippen molar-refractivity contribution in [3.05, 3.63) is 52.7 Å². The number of nitrogens with zero attached hydrogens (tertiary/aromatic N) is 1. The number of aromatic nitrogens is 1. The Morgan fingerprint density at radius 2 is 2.00 bits per heavy atom. The molecule has 0 unspecified atom stereocenters. The first-order valence-corrected chi connectivity index (χ1v) is 7.28. The maximum atomic E-state index is 5.92. The van der Waals surface area contributed by atoms with E-state index >= 15 is 0 Å². The van der Waals surface area contributed by atoms with Crippen molar-refractivity contribution in [1.82, 2.24) is 4.98 Å². The Balaban J connectivity index is 1.87. The second-order valence-corrected chi connectivity index (χ2v) is 5.25. The maximum Gasteiger partial charge on any atom is 0.219 e. The van der Waals surface area contributed by atoms with Crippen LogP contribution in [0.4, 0.5) is 0 Å². The number of nitrogens with two attached hydrogens (primary N) is 1. The number of ether oxygens (including phenoxy) is 1. The summed E-state index contributed by atoms with van der Waals surface area (Å²) in [5, 5.41) is 0. The van der Waals surface area contributed by atoms with Crippen molar-refractivity contribution < 1.29 is 4.74 Å². The van der Waals surface area contributed by atoms with Gasteiger partial charge in [0.2, 0.25) is 5.88 Å². The van der Waals surface area contributed by atoms with Gasteiger partial charge in [-0.15, -0.1) is 0 Å². The van der Waals surface area contributed by atoms with E-state index in [4.69, 9.17) is 10.5 Å². The number of fused-ring (bicyclic) bond motifs is 1. The van der Waals surface area contributed by atoms with E-state index in [-0.39, 0.29) is 0 Å². The quantitative estimate of drug-likeness (QED) is 0.924. The molecule has 20 heavy (non-hydrogen) atoms. The van der Waals surface area contributed by atoms with Crippen LogP contribution in [0.3, 0.4) is 0 Å². The third-order valence-corrected chi connectivity index (χ3v) is 3.80. The zero-order valence-electron chi connectivity index (χ0n) is 11.9. The molecule has 0 bridgehead atoms. The van der Waals surface area contributed by atoms with Crippen molar-refractivity contribution in [1.29, 1.82) is 0 Å². The van der Waals surface area contributed by atoms with Gasteiger partial charge in [0.25, 0.3) is 0 Å². The molecule has 1 aromatic carbocycles. The molecule has 0 atom stereocenters. The van der Waals surface area contributed by atoms with Crippen LogP contribution in [0.1, 0.15) is 35.7 Å². The summed E-state index contributed by atoms with van der Waals surface area (Å²) in [7, 11) is 0. The Hall–Kier alpha value is -1.87. The maximum absolute atomic E-state index is 5.92. The molecule has 0 radical (unpaired) electrons. The standard InChI is InChI=1S/C17H20N2O/c1-2-15-8-12(11-18)9-17(19-15)20-16-7-6-13-4-3-5-14(13)10-16/h6-10H,2-5,11,18H2,1H3. The molecule has 0 amide bonds. The van der Waals surface area contributed by atoms with Gasteiger partial charge in [-0.1, -0.05) is 13.0 Å². The molecule has 1 aliphatic rings. The largest absolute Gasteiger partial charge is 0.439 e. The van der Waals surface area contributed by atoms with E-state index in [2.05, 4.69) is 24.0 Å². The number of hydrogen-bond donors (Lipinski definition) is 1. The molecule has 3 nitrogen and oxygen atoms in total. The zero-order chi connectivity index (χ0) is 13.9. The van der Waals surface area contributed by atoms with E-state index in [9.17, 15) is 0 Å². The number of benzene rings is 1. The van der Waals surface area contributed by atoms with Crippen LogP contribution < -0.4 is 10.5 Å². The van der Waals surface area contributed by atoms with E-state index in [0.29, 0.717) is 12.4 Å². The third-order valence-electron chi connectivity index (χ3n) is 3.80. The number of pyridine rings is 1. The minimum Gasteiger partial charge on any atom is -0.439 e. The smallest absolute Gasteiger partial charge is 0.219 e. The van der Waals surface area contributed by atoms with Crippen LogP contribution >= 0.6 is 0 Å². The Bertz CT molecular complexity index is 600. The highest BCUT2D eigenvalue weighted by molar-refractivity contribution is 5.40. The minimum atomic E-state index is 0.510. The van der Waals surface area contributed by atoms with E-state index in [0.717, 1.165) is 29.8 Å². The van der Waals surface area contributed by atoms with Gasteiger partial charge in [-0.3, -0.25) is 0 Å². The SMILES string of the molecule is CCc1cc(CN)cc(Oc2ccc3c(c2)CCC3)n1. The van der Waals surface area contributed by atoms with Crippen LogP contribution in [0.15, 0.2) is 30.3 Å².